The van der Waals surface area contributed by atoms with Gasteiger partial charge in [-0.3, -0.25) is 4.79 Å². The van der Waals surface area contributed by atoms with Gasteiger partial charge in [-0.05, 0) is 29.8 Å². The highest BCUT2D eigenvalue weighted by atomic mass is 79.9. The third kappa shape index (κ3) is 3.93. The lowest BCUT2D eigenvalue weighted by atomic mass is 10.1. The number of aromatic hydroxyl groups is 1. The Kier molecular flexibility index (Phi) is 4.91. The molecule has 3 heteroatoms. The summed E-state index contributed by atoms with van der Waals surface area (Å²) in [6.45, 7) is 0. The molecule has 2 aromatic rings. The molecule has 100 valence electrons. The van der Waals surface area contributed by atoms with Crippen molar-refractivity contribution in [3.8, 4) is 5.75 Å². The fourth-order valence-corrected chi connectivity index (χ4v) is 2.03. The molecule has 0 heterocycles. The largest absolute Gasteiger partial charge is 0.507 e. The lowest BCUT2D eigenvalue weighted by Gasteiger charge is -2.00. The molecule has 0 atom stereocenters. The maximum absolute atomic E-state index is 11.9. The molecule has 0 amide bonds. The van der Waals surface area contributed by atoms with Crippen molar-refractivity contribution in [1.29, 1.82) is 0 Å². The smallest absolute Gasteiger partial charge is 0.189 e. The van der Waals surface area contributed by atoms with E-state index in [1.165, 1.54) is 12.1 Å². The fraction of sp³-hybridized carbons (Fsp3) is 0. The van der Waals surface area contributed by atoms with Gasteiger partial charge in [0.05, 0.1) is 5.56 Å². The molecule has 0 aliphatic heterocycles. The average molecular weight is 329 g/mol. The van der Waals surface area contributed by atoms with Gasteiger partial charge in [-0.15, -0.1) is 0 Å². The number of halogens is 1. The van der Waals surface area contributed by atoms with Crippen LogP contribution in [0.2, 0.25) is 0 Å². The highest BCUT2D eigenvalue weighted by Gasteiger charge is 2.07. The van der Waals surface area contributed by atoms with Crippen LogP contribution in [0.1, 0.15) is 15.9 Å². The van der Waals surface area contributed by atoms with E-state index >= 15 is 0 Å². The number of rotatable bonds is 4. The molecule has 0 aliphatic rings. The maximum atomic E-state index is 11.9. The summed E-state index contributed by atoms with van der Waals surface area (Å²) in [4.78, 5) is 11.9. The summed E-state index contributed by atoms with van der Waals surface area (Å²) in [5.74, 6) is -0.253. The van der Waals surface area contributed by atoms with E-state index < -0.39 is 0 Å². The first-order valence-corrected chi connectivity index (χ1v) is 6.89. The Balaban J connectivity index is 2.06. The molecule has 20 heavy (non-hydrogen) atoms. The molecule has 0 aromatic heterocycles. The summed E-state index contributed by atoms with van der Waals surface area (Å²) in [6, 6.07) is 14.6. The number of phenolic OH excluding ortho intramolecular Hbond substituents is 1. The zero-order valence-electron chi connectivity index (χ0n) is 10.7. The minimum absolute atomic E-state index is 0.0186. The standard InChI is InChI=1S/C17H13BrO2/c18-14-10-11-17(20)15(12-14)16(19)9-5-4-8-13-6-2-1-3-7-13/h1-12,20H/b8-4+,9-5+. The zero-order valence-corrected chi connectivity index (χ0v) is 12.2. The van der Waals surface area contributed by atoms with Gasteiger partial charge in [-0.1, -0.05) is 64.5 Å². The number of phenols is 1. The maximum Gasteiger partial charge on any atom is 0.189 e. The molecule has 2 aromatic carbocycles. The molecule has 0 unspecified atom stereocenters. The summed E-state index contributed by atoms with van der Waals surface area (Å²) in [7, 11) is 0. The van der Waals surface area contributed by atoms with Gasteiger partial charge in [0.1, 0.15) is 5.75 Å². The first-order valence-electron chi connectivity index (χ1n) is 6.09. The Labute approximate surface area is 126 Å². The monoisotopic (exact) mass is 328 g/mol. The third-order valence-corrected chi connectivity index (χ3v) is 3.16. The van der Waals surface area contributed by atoms with Crippen molar-refractivity contribution >= 4 is 27.8 Å². The molecule has 0 spiro atoms. The normalized spacial score (nSPS) is 11.2. The van der Waals surface area contributed by atoms with Crippen molar-refractivity contribution in [3.63, 3.8) is 0 Å². The van der Waals surface area contributed by atoms with Crippen molar-refractivity contribution in [2.24, 2.45) is 0 Å². The van der Waals surface area contributed by atoms with Gasteiger partial charge < -0.3 is 5.11 Å². The van der Waals surface area contributed by atoms with Crippen LogP contribution in [-0.2, 0) is 0 Å². The summed E-state index contributed by atoms with van der Waals surface area (Å²) >= 11 is 3.28. The van der Waals surface area contributed by atoms with Crippen molar-refractivity contribution in [2.45, 2.75) is 0 Å². The number of carbonyl (C=O) groups excluding carboxylic acids is 1. The van der Waals surface area contributed by atoms with Gasteiger partial charge in [-0.2, -0.15) is 0 Å². The Hall–Kier alpha value is -2.13. The Morgan fingerprint density at radius 1 is 1.05 bits per heavy atom. The molecule has 2 nitrogen and oxygen atoms in total. The van der Waals surface area contributed by atoms with Crippen LogP contribution in [0.4, 0.5) is 0 Å². The Morgan fingerprint density at radius 3 is 2.55 bits per heavy atom. The van der Waals surface area contributed by atoms with E-state index in [1.54, 1.807) is 24.3 Å². The van der Waals surface area contributed by atoms with Crippen molar-refractivity contribution < 1.29 is 9.90 Å². The average Bonchev–Trinajstić information content (AvgIpc) is 2.47. The minimum Gasteiger partial charge on any atom is -0.507 e. The van der Waals surface area contributed by atoms with Gasteiger partial charge in [0.25, 0.3) is 0 Å². The number of benzene rings is 2. The SMILES string of the molecule is O=C(/C=C/C=C/c1ccccc1)c1cc(Br)ccc1O. The topological polar surface area (TPSA) is 37.3 Å². The predicted molar refractivity (Wildman–Crippen MR) is 84.8 cm³/mol. The van der Waals surface area contributed by atoms with E-state index in [4.69, 9.17) is 0 Å². The number of carbonyl (C=O) groups is 1. The molecule has 0 fully saturated rings. The number of hydrogen-bond donors (Lipinski definition) is 1. The Bertz CT molecular complexity index is 658. The van der Waals surface area contributed by atoms with E-state index in [0.29, 0.717) is 0 Å². The van der Waals surface area contributed by atoms with Crippen LogP contribution in [0.5, 0.6) is 5.75 Å². The summed E-state index contributed by atoms with van der Waals surface area (Å²) in [6.07, 6.45) is 6.80. The van der Waals surface area contributed by atoms with E-state index in [-0.39, 0.29) is 17.1 Å². The van der Waals surface area contributed by atoms with Crippen LogP contribution in [0.25, 0.3) is 6.08 Å². The third-order valence-electron chi connectivity index (χ3n) is 2.67. The van der Waals surface area contributed by atoms with Crippen LogP contribution in [0.15, 0.2) is 71.2 Å². The predicted octanol–water partition coefficient (Wildman–Crippen LogP) is 4.61. The lowest BCUT2D eigenvalue weighted by Crippen LogP contribution is -1.94. The van der Waals surface area contributed by atoms with Gasteiger partial charge in [0, 0.05) is 4.47 Å². The number of ketones is 1. The van der Waals surface area contributed by atoms with E-state index in [0.717, 1.165) is 10.0 Å². The van der Waals surface area contributed by atoms with Crippen LogP contribution in [0, 0.1) is 0 Å². The lowest BCUT2D eigenvalue weighted by molar-refractivity contribution is 0.104. The second-order valence-corrected chi connectivity index (χ2v) is 5.07. The van der Waals surface area contributed by atoms with Crippen LogP contribution in [0.3, 0.4) is 0 Å². The number of hydrogen-bond acceptors (Lipinski definition) is 2. The Morgan fingerprint density at radius 2 is 1.80 bits per heavy atom. The zero-order chi connectivity index (χ0) is 14.4. The first-order chi connectivity index (χ1) is 9.66. The van der Waals surface area contributed by atoms with Crippen molar-refractivity contribution in [3.05, 3.63) is 82.4 Å². The molecular formula is C17H13BrO2. The fourth-order valence-electron chi connectivity index (χ4n) is 1.67. The van der Waals surface area contributed by atoms with E-state index in [2.05, 4.69) is 15.9 Å². The van der Waals surface area contributed by atoms with Gasteiger partial charge >= 0.3 is 0 Å². The minimum atomic E-state index is -0.235. The van der Waals surface area contributed by atoms with Crippen LogP contribution in [-0.4, -0.2) is 10.9 Å². The van der Waals surface area contributed by atoms with Crippen molar-refractivity contribution in [2.75, 3.05) is 0 Å². The molecule has 0 saturated heterocycles. The van der Waals surface area contributed by atoms with Gasteiger partial charge in [-0.25, -0.2) is 0 Å². The molecule has 0 bridgehead atoms. The van der Waals surface area contributed by atoms with E-state index in [1.807, 2.05) is 36.4 Å². The highest BCUT2D eigenvalue weighted by molar-refractivity contribution is 9.10. The van der Waals surface area contributed by atoms with E-state index in [9.17, 15) is 9.90 Å². The summed E-state index contributed by atoms with van der Waals surface area (Å²) in [5, 5.41) is 9.65. The summed E-state index contributed by atoms with van der Waals surface area (Å²) < 4.78 is 0.756. The van der Waals surface area contributed by atoms with Gasteiger partial charge in [0.2, 0.25) is 0 Å². The first kappa shape index (κ1) is 14.3. The highest BCUT2D eigenvalue weighted by Crippen LogP contribution is 2.22. The molecule has 2 rings (SSSR count). The van der Waals surface area contributed by atoms with Crippen LogP contribution < -0.4 is 0 Å². The van der Waals surface area contributed by atoms with Crippen LogP contribution >= 0.6 is 15.9 Å². The summed E-state index contributed by atoms with van der Waals surface area (Å²) in [5.41, 5.74) is 1.35. The second kappa shape index (κ2) is 6.87. The quantitative estimate of drug-likeness (QED) is 0.505. The van der Waals surface area contributed by atoms with Crippen molar-refractivity contribution in [1.82, 2.24) is 0 Å². The molecular weight excluding hydrogens is 316 g/mol. The number of allylic oxidation sites excluding steroid dienone is 3. The molecule has 1 N–H and O–H groups in total. The van der Waals surface area contributed by atoms with Gasteiger partial charge in [0.15, 0.2) is 5.78 Å². The molecule has 0 saturated carbocycles. The second-order valence-electron chi connectivity index (χ2n) is 4.15. The molecule has 0 aliphatic carbocycles. The molecule has 0 radical (unpaired) electrons.